The van der Waals surface area contributed by atoms with Crippen LogP contribution in [0.3, 0.4) is 0 Å². The molecule has 7 rings (SSSR count). The number of ether oxygens (including phenoxy) is 1. The summed E-state index contributed by atoms with van der Waals surface area (Å²) < 4.78 is 20.7. The molecule has 0 radical (unpaired) electrons. The van der Waals surface area contributed by atoms with Crippen molar-refractivity contribution in [1.82, 2.24) is 15.5 Å². The first-order chi connectivity index (χ1) is 23.5. The van der Waals surface area contributed by atoms with Crippen LogP contribution in [0.4, 0.5) is 20.6 Å². The second-order valence-corrected chi connectivity index (χ2v) is 14.5. The van der Waals surface area contributed by atoms with Gasteiger partial charge >= 0.3 is 71.2 Å². The number of anilines is 1. The van der Waals surface area contributed by atoms with Gasteiger partial charge in [-0.1, -0.05) is 6.07 Å². The molecule has 5 aliphatic rings. The second-order valence-electron chi connectivity index (χ2n) is 12.4. The number of quaternary nitrogens is 1. The summed E-state index contributed by atoms with van der Waals surface area (Å²) >= 11 is 2.68. The molecule has 3 fully saturated rings. The van der Waals surface area contributed by atoms with Crippen molar-refractivity contribution in [3.63, 3.8) is 0 Å². The van der Waals surface area contributed by atoms with Crippen molar-refractivity contribution in [2.75, 3.05) is 30.3 Å². The number of hydrogen-bond acceptors (Lipinski definition) is 11. The zero-order valence-corrected chi connectivity index (χ0v) is 34.5. The van der Waals surface area contributed by atoms with Gasteiger partial charge in [0.1, 0.15) is 41.4 Å². The van der Waals surface area contributed by atoms with Crippen LogP contribution in [0.2, 0.25) is 0 Å². The molecule has 268 valence electrons. The molecular weight excluding hydrogens is 763 g/mol. The standard InChI is InChI=1S/C32H30FN5O9S2.ClH.2Na.2H/c33-21-9-19-22(37(17-3-4-17)12-20(27(19)40)30(42)43)10-23(21)36-6-5-16(11-36)34-32(46)47-13-15-14-49-29-25(28(41)38(29)26(15)31(44)45)35-24(39)8-18-2-1-7-48-18;;;;;/h1-2,7,9-10,12,16-17,25,29H,3-6,8,11,13-14H2,(H,34,46)(H,35,39)(H,42,43)(H,44,45);1H;;;;/q;;2*+1;2*-1/p-1/t16?,25-,29-;;;;;/m1...../s1. The topological polar surface area (TPSA) is 190 Å². The van der Waals surface area contributed by atoms with Gasteiger partial charge in [-0.05, 0) is 23.9 Å². The number of benzene rings is 1. The number of fused-ring (bicyclic) bond motifs is 2. The number of ketones is 1. The van der Waals surface area contributed by atoms with Crippen molar-refractivity contribution in [1.29, 1.82) is 0 Å². The van der Waals surface area contributed by atoms with Crippen molar-refractivity contribution in [2.24, 2.45) is 0 Å². The van der Waals surface area contributed by atoms with Gasteiger partial charge in [-0.3, -0.25) is 24.2 Å². The number of aliphatic carboxylic acids is 2. The summed E-state index contributed by atoms with van der Waals surface area (Å²) in [5, 5.41) is 28.1. The number of thioether (sulfide) groups is 1. The molecule has 2 aromatic rings. The number of halogens is 2. The second kappa shape index (κ2) is 17.3. The van der Waals surface area contributed by atoms with Gasteiger partial charge in [0, 0.05) is 48.2 Å². The van der Waals surface area contributed by atoms with Gasteiger partial charge in [-0.2, -0.15) is 0 Å². The van der Waals surface area contributed by atoms with Crippen LogP contribution in [0.25, 0.3) is 0 Å². The van der Waals surface area contributed by atoms with Gasteiger partial charge in [-0.15, -0.1) is 23.1 Å². The van der Waals surface area contributed by atoms with Crippen molar-refractivity contribution >= 4 is 70.1 Å². The predicted octanol–water partition coefficient (Wildman–Crippen LogP) is -9.08. The number of thiophene rings is 1. The molecule has 4 aliphatic heterocycles. The number of carbonyl (C=O) groups is 6. The van der Waals surface area contributed by atoms with E-state index in [0.29, 0.717) is 23.6 Å². The number of amides is 3. The molecule has 2 unspecified atom stereocenters. The van der Waals surface area contributed by atoms with Gasteiger partial charge in [0.2, 0.25) is 11.7 Å². The van der Waals surface area contributed by atoms with Crippen molar-refractivity contribution in [2.45, 2.75) is 49.2 Å². The maximum absolute atomic E-state index is 15.3. The zero-order valence-electron chi connectivity index (χ0n) is 30.1. The smallest absolute Gasteiger partial charge is 1.00 e. The Morgan fingerprint density at radius 3 is 2.54 bits per heavy atom. The van der Waals surface area contributed by atoms with Crippen LogP contribution in [0.5, 0.6) is 0 Å². The average molecular weight is 795 g/mol. The number of β-lactam (4-membered cyclic amide) rings is 1. The van der Waals surface area contributed by atoms with E-state index in [9.17, 15) is 39.0 Å². The molecule has 4 N–H and O–H groups in total. The Morgan fingerprint density at radius 2 is 1.88 bits per heavy atom. The normalized spacial score (nSPS) is 23.1. The molecule has 1 saturated carbocycles. The van der Waals surface area contributed by atoms with Crippen LogP contribution in [-0.4, -0.2) is 94.6 Å². The minimum Gasteiger partial charge on any atom is -1.00 e. The predicted molar refractivity (Wildman–Crippen MR) is 172 cm³/mol. The van der Waals surface area contributed by atoms with E-state index in [2.05, 4.69) is 10.6 Å². The fraction of sp³-hybridized carbons (Fsp3) is 0.375. The van der Waals surface area contributed by atoms with Crippen LogP contribution in [0.15, 0.2) is 52.7 Å². The maximum atomic E-state index is 15.3. The van der Waals surface area contributed by atoms with Crippen molar-refractivity contribution in [3.05, 3.63) is 68.9 Å². The Balaban J connectivity index is 0.00000202. The third kappa shape index (κ3) is 8.43. The summed E-state index contributed by atoms with van der Waals surface area (Å²) in [4.78, 5) is 79.0. The first-order valence-electron chi connectivity index (χ1n) is 15.6. The van der Waals surface area contributed by atoms with E-state index in [1.54, 1.807) is 11.0 Å². The molecule has 52 heavy (non-hydrogen) atoms. The molecule has 1 aromatic carbocycles. The van der Waals surface area contributed by atoms with Crippen LogP contribution in [0, 0.1) is 5.82 Å². The fourth-order valence-corrected chi connectivity index (χ4v) is 8.64. The van der Waals surface area contributed by atoms with Gasteiger partial charge in [-0.25, -0.2) is 14.0 Å². The zero-order chi connectivity index (χ0) is 34.6. The number of carbonyl (C=O) groups excluding carboxylic acids is 5. The van der Waals surface area contributed by atoms with Crippen LogP contribution in [0.1, 0.15) is 37.4 Å². The minimum atomic E-state index is -1.60. The molecule has 1 aromatic heterocycles. The van der Waals surface area contributed by atoms with Gasteiger partial charge in [0.05, 0.1) is 41.3 Å². The van der Waals surface area contributed by atoms with Crippen molar-refractivity contribution < 1.29 is 127 Å². The molecule has 0 bridgehead atoms. The third-order valence-corrected chi connectivity index (χ3v) is 11.3. The summed E-state index contributed by atoms with van der Waals surface area (Å²) in [6, 6.07) is 5.03. The number of carboxylic acids is 2. The van der Waals surface area contributed by atoms with Gasteiger partial charge in [0.15, 0.2) is 0 Å². The third-order valence-electron chi connectivity index (χ3n) is 9.13. The Labute approximate surface area is 358 Å². The maximum Gasteiger partial charge on any atom is 1.00 e. The Bertz CT molecular complexity index is 1870. The quantitative estimate of drug-likeness (QED) is 0.102. The Kier molecular flexibility index (Phi) is 14.1. The van der Waals surface area contributed by atoms with Crippen LogP contribution < -0.4 is 97.1 Å². The first kappa shape index (κ1) is 42.3. The first-order valence-corrected chi connectivity index (χ1v) is 17.5. The van der Waals surface area contributed by atoms with Crippen molar-refractivity contribution in [3.8, 4) is 0 Å². The van der Waals surface area contributed by atoms with E-state index < -0.39 is 58.6 Å². The van der Waals surface area contributed by atoms with E-state index in [-0.39, 0.29) is 134 Å². The van der Waals surface area contributed by atoms with Crippen LogP contribution >= 0.6 is 23.1 Å². The molecule has 2 saturated heterocycles. The number of nitrogens with one attached hydrogen (secondary N) is 3. The minimum absolute atomic E-state index is 0. The molecule has 5 heterocycles. The summed E-state index contributed by atoms with van der Waals surface area (Å²) in [5.74, 6) is -5.18. The Morgan fingerprint density at radius 1 is 1.13 bits per heavy atom. The van der Waals surface area contributed by atoms with Gasteiger partial charge < -0.3 is 50.5 Å². The monoisotopic (exact) mass is 794 g/mol. The van der Waals surface area contributed by atoms with E-state index >= 15 is 4.39 Å². The molecule has 14 nitrogen and oxygen atoms in total. The number of rotatable bonds is 10. The summed E-state index contributed by atoms with van der Waals surface area (Å²) in [5.41, 5.74) is 0.169. The summed E-state index contributed by atoms with van der Waals surface area (Å²) in [7, 11) is 0. The van der Waals surface area contributed by atoms with E-state index in [1.807, 2.05) is 17.5 Å². The van der Waals surface area contributed by atoms with E-state index in [0.717, 1.165) is 28.7 Å². The van der Waals surface area contributed by atoms with E-state index in [1.165, 1.54) is 29.3 Å². The molecule has 3 amide bonds. The summed E-state index contributed by atoms with van der Waals surface area (Å²) in [6.07, 6.45) is 2.74. The Hall–Kier alpha value is -2.45. The number of alkyl carbamates (subject to hydrolysis) is 1. The van der Waals surface area contributed by atoms with Gasteiger partial charge in [0.25, 0.3) is 5.91 Å². The largest absolute Gasteiger partial charge is 1.00 e. The number of nitrogens with zero attached hydrogens (tertiary/aromatic N) is 2. The SMILES string of the molecule is O=C(Cc1cccs1)N[C@@H]1C(=O)N2C(C(=O)O)=C(COC(=O)NC3CCN(c4cc5c(cc4F)C(=O)C(C(=O)[O-])=C[NH+]5C4CC4)C3)CS[C@H]12.[Cl-].[H-].[H-].[Na+].[Na+]. The molecule has 0 spiro atoms. The molecule has 1 aliphatic carbocycles. The summed E-state index contributed by atoms with van der Waals surface area (Å²) in [6.45, 7) is 0.222. The number of carboxylic acid groups (broad SMARTS) is 2. The average Bonchev–Trinajstić information content (AvgIpc) is 3.58. The van der Waals surface area contributed by atoms with Crippen LogP contribution in [-0.2, 0) is 30.3 Å². The number of Topliss-reactive ketones (excluding diaryl/α,β-unsaturated/α-hetero) is 1. The fourth-order valence-electron chi connectivity index (χ4n) is 6.61. The van der Waals surface area contributed by atoms with E-state index in [4.69, 9.17) is 4.74 Å². The number of hydrogen-bond donors (Lipinski definition) is 4. The molecule has 4 atom stereocenters. The molecular formula is C32H32ClFN5Na2O9S2-. The molecule has 20 heteroatoms.